The van der Waals surface area contributed by atoms with Crippen molar-refractivity contribution in [2.24, 2.45) is 0 Å². The van der Waals surface area contributed by atoms with Crippen LogP contribution in [0, 0.1) is 13.8 Å². The van der Waals surface area contributed by atoms with Crippen LogP contribution in [0.5, 0.6) is 0 Å². The average molecular weight is 388 g/mol. The summed E-state index contributed by atoms with van der Waals surface area (Å²) >= 11 is 0. The van der Waals surface area contributed by atoms with Gasteiger partial charge >= 0.3 is 6.18 Å². The number of hydrogen-bond donors (Lipinski definition) is 0. The van der Waals surface area contributed by atoms with Crippen LogP contribution in [0.2, 0.25) is 0 Å². The summed E-state index contributed by atoms with van der Waals surface area (Å²) in [5.74, 6) is -0.424. The van der Waals surface area contributed by atoms with Crippen LogP contribution in [-0.2, 0) is 6.18 Å². The van der Waals surface area contributed by atoms with Gasteiger partial charge in [-0.25, -0.2) is 4.68 Å². The number of alkyl halides is 3. The van der Waals surface area contributed by atoms with Crippen LogP contribution >= 0.6 is 0 Å². The number of para-hydroxylation sites is 1. The van der Waals surface area contributed by atoms with Gasteiger partial charge in [0.2, 0.25) is 0 Å². The second kappa shape index (κ2) is 7.46. The maximum Gasteiger partial charge on any atom is 0.418 e. The predicted octanol–water partition coefficient (Wildman–Crippen LogP) is 4.57. The van der Waals surface area contributed by atoms with Gasteiger partial charge < -0.3 is 4.90 Å². The van der Waals surface area contributed by atoms with Crippen molar-refractivity contribution >= 4 is 11.6 Å². The minimum atomic E-state index is -4.54. The highest BCUT2D eigenvalue weighted by molar-refractivity contribution is 6.05. The maximum absolute atomic E-state index is 13.2. The van der Waals surface area contributed by atoms with E-state index in [9.17, 15) is 18.0 Å². The van der Waals surface area contributed by atoms with Gasteiger partial charge in [-0.1, -0.05) is 29.5 Å². The Morgan fingerprint density at radius 3 is 2.54 bits per heavy atom. The summed E-state index contributed by atoms with van der Waals surface area (Å²) in [5, 5.41) is 7.57. The zero-order valence-electron chi connectivity index (χ0n) is 15.7. The van der Waals surface area contributed by atoms with Gasteiger partial charge in [0.15, 0.2) is 5.69 Å². The van der Waals surface area contributed by atoms with Crippen molar-refractivity contribution in [2.45, 2.75) is 26.9 Å². The third-order valence-corrected chi connectivity index (χ3v) is 4.39. The van der Waals surface area contributed by atoms with Crippen LogP contribution in [0.15, 0.2) is 48.7 Å². The molecule has 1 aromatic heterocycles. The van der Waals surface area contributed by atoms with Crippen molar-refractivity contribution in [3.8, 4) is 5.69 Å². The van der Waals surface area contributed by atoms with Crippen molar-refractivity contribution < 1.29 is 18.0 Å². The monoisotopic (exact) mass is 388 g/mol. The molecule has 28 heavy (non-hydrogen) atoms. The molecule has 0 aliphatic rings. The number of anilines is 1. The zero-order valence-corrected chi connectivity index (χ0v) is 15.7. The molecule has 0 spiro atoms. The Labute approximate surface area is 160 Å². The molecule has 0 saturated carbocycles. The lowest BCUT2D eigenvalue weighted by molar-refractivity contribution is -0.137. The van der Waals surface area contributed by atoms with E-state index in [4.69, 9.17) is 0 Å². The number of amides is 1. The lowest BCUT2D eigenvalue weighted by Gasteiger charge is -2.22. The second-order valence-electron chi connectivity index (χ2n) is 6.40. The summed E-state index contributed by atoms with van der Waals surface area (Å²) in [6.07, 6.45) is -3.32. The van der Waals surface area contributed by atoms with Crippen molar-refractivity contribution in [1.29, 1.82) is 0 Å². The summed E-state index contributed by atoms with van der Waals surface area (Å²) in [6.45, 7) is 6.02. The Kier molecular flexibility index (Phi) is 5.22. The molecule has 1 heterocycles. The van der Waals surface area contributed by atoms with Crippen LogP contribution in [0.4, 0.5) is 18.9 Å². The smallest absolute Gasteiger partial charge is 0.307 e. The third-order valence-electron chi connectivity index (χ3n) is 4.39. The Bertz CT molecular complexity index is 1010. The van der Waals surface area contributed by atoms with Crippen molar-refractivity contribution in [2.75, 3.05) is 11.4 Å². The molecular weight excluding hydrogens is 369 g/mol. The highest BCUT2D eigenvalue weighted by Gasteiger charge is 2.34. The molecule has 146 valence electrons. The molecule has 8 heteroatoms. The quantitative estimate of drug-likeness (QED) is 0.658. The van der Waals surface area contributed by atoms with E-state index in [0.29, 0.717) is 6.54 Å². The molecule has 2 aromatic carbocycles. The summed E-state index contributed by atoms with van der Waals surface area (Å²) in [6, 6.07) is 10.8. The van der Waals surface area contributed by atoms with Gasteiger partial charge in [0.05, 0.1) is 17.4 Å². The number of carbonyl (C=O) groups excluding carboxylic acids is 1. The summed E-state index contributed by atoms with van der Waals surface area (Å²) in [7, 11) is 0. The number of rotatable bonds is 4. The van der Waals surface area contributed by atoms with Crippen LogP contribution in [-0.4, -0.2) is 27.4 Å². The van der Waals surface area contributed by atoms with E-state index in [2.05, 4.69) is 10.3 Å². The number of halogens is 3. The van der Waals surface area contributed by atoms with Gasteiger partial charge in [-0.3, -0.25) is 4.79 Å². The van der Waals surface area contributed by atoms with E-state index in [-0.39, 0.29) is 11.4 Å². The zero-order chi connectivity index (χ0) is 20.5. The molecular formula is C20H19F3N4O. The van der Waals surface area contributed by atoms with E-state index in [1.165, 1.54) is 29.3 Å². The Morgan fingerprint density at radius 2 is 1.86 bits per heavy atom. The van der Waals surface area contributed by atoms with E-state index >= 15 is 0 Å². The molecule has 0 N–H and O–H groups in total. The molecule has 3 rings (SSSR count). The number of aromatic nitrogens is 3. The number of benzene rings is 2. The average Bonchev–Trinajstić information content (AvgIpc) is 3.14. The summed E-state index contributed by atoms with van der Waals surface area (Å²) < 4.78 is 40.7. The van der Waals surface area contributed by atoms with Crippen LogP contribution in [0.25, 0.3) is 5.69 Å². The first-order valence-corrected chi connectivity index (χ1v) is 8.70. The summed E-state index contributed by atoms with van der Waals surface area (Å²) in [5.41, 5.74) is 1.58. The fourth-order valence-corrected chi connectivity index (χ4v) is 2.96. The SMILES string of the molecule is CCN(C(=O)c1cn(-c2ccccc2C(F)(F)F)nn1)c1cc(C)ccc1C. The second-order valence-corrected chi connectivity index (χ2v) is 6.40. The Morgan fingerprint density at radius 1 is 1.14 bits per heavy atom. The van der Waals surface area contributed by atoms with E-state index in [1.54, 1.807) is 0 Å². The Balaban J connectivity index is 1.98. The molecule has 5 nitrogen and oxygen atoms in total. The standard InChI is InChI=1S/C20H19F3N4O/c1-4-26(18-11-13(2)9-10-14(18)3)19(28)16-12-27(25-24-16)17-8-6-5-7-15(17)20(21,22)23/h5-12H,4H2,1-3H3. The fourth-order valence-electron chi connectivity index (χ4n) is 2.96. The Hall–Kier alpha value is -3.16. The molecule has 0 radical (unpaired) electrons. The molecule has 0 unspecified atom stereocenters. The van der Waals surface area contributed by atoms with Gasteiger partial charge in [-0.05, 0) is 50.1 Å². The first-order valence-electron chi connectivity index (χ1n) is 8.70. The lowest BCUT2D eigenvalue weighted by atomic mass is 10.1. The molecule has 3 aromatic rings. The minimum Gasteiger partial charge on any atom is -0.307 e. The molecule has 0 saturated heterocycles. The predicted molar refractivity (Wildman–Crippen MR) is 99.6 cm³/mol. The number of carbonyl (C=O) groups is 1. The van der Waals surface area contributed by atoms with E-state index in [0.717, 1.165) is 27.6 Å². The molecule has 1 amide bonds. The van der Waals surface area contributed by atoms with Crippen LogP contribution in [0.3, 0.4) is 0 Å². The molecule has 0 fully saturated rings. The van der Waals surface area contributed by atoms with Gasteiger partial charge in [0, 0.05) is 12.2 Å². The lowest BCUT2D eigenvalue weighted by Crippen LogP contribution is -2.31. The largest absolute Gasteiger partial charge is 0.418 e. The number of nitrogens with zero attached hydrogens (tertiary/aromatic N) is 4. The van der Waals surface area contributed by atoms with Gasteiger partial charge in [0.1, 0.15) is 0 Å². The summed E-state index contributed by atoms with van der Waals surface area (Å²) in [4.78, 5) is 14.5. The fraction of sp³-hybridized carbons (Fsp3) is 0.250. The van der Waals surface area contributed by atoms with Crippen molar-refractivity contribution in [3.05, 3.63) is 71.0 Å². The normalized spacial score (nSPS) is 11.5. The van der Waals surface area contributed by atoms with Crippen molar-refractivity contribution in [3.63, 3.8) is 0 Å². The maximum atomic E-state index is 13.2. The highest BCUT2D eigenvalue weighted by Crippen LogP contribution is 2.33. The van der Waals surface area contributed by atoms with Gasteiger partial charge in [-0.2, -0.15) is 13.2 Å². The van der Waals surface area contributed by atoms with E-state index in [1.807, 2.05) is 39.0 Å². The van der Waals surface area contributed by atoms with Gasteiger partial charge in [0.25, 0.3) is 5.91 Å². The topological polar surface area (TPSA) is 51.0 Å². The molecule has 0 aliphatic carbocycles. The number of hydrogen-bond acceptors (Lipinski definition) is 3. The molecule has 0 atom stereocenters. The minimum absolute atomic E-state index is 0.0280. The first kappa shape index (κ1) is 19.6. The first-order chi connectivity index (χ1) is 13.2. The molecule has 0 bridgehead atoms. The molecule has 0 aliphatic heterocycles. The highest BCUT2D eigenvalue weighted by atomic mass is 19.4. The van der Waals surface area contributed by atoms with Crippen LogP contribution in [0.1, 0.15) is 34.1 Å². The van der Waals surface area contributed by atoms with Gasteiger partial charge in [-0.15, -0.1) is 5.10 Å². The van der Waals surface area contributed by atoms with E-state index < -0.39 is 17.6 Å². The third kappa shape index (κ3) is 3.76. The number of aryl methyl sites for hydroxylation is 2. The van der Waals surface area contributed by atoms with Crippen LogP contribution < -0.4 is 4.90 Å². The van der Waals surface area contributed by atoms with Crippen molar-refractivity contribution in [1.82, 2.24) is 15.0 Å².